The molecule has 0 saturated carbocycles. The molecule has 6 nitrogen and oxygen atoms in total. The van der Waals surface area contributed by atoms with Crippen molar-refractivity contribution >= 4 is 44.5 Å². The minimum Gasteiger partial charge on any atom is -0.500 e. The molecule has 7 aromatic carbocycles. The largest absolute Gasteiger partial charge is 0.500 e. The van der Waals surface area contributed by atoms with Gasteiger partial charge in [-0.15, -0.1) is 24.3 Å². The van der Waals surface area contributed by atoms with Crippen LogP contribution in [0.4, 0.5) is 11.5 Å². The summed E-state index contributed by atoms with van der Waals surface area (Å²) in [4.78, 5) is 11.5. The summed E-state index contributed by atoms with van der Waals surface area (Å²) in [5.74, 6) is 2.19. The van der Waals surface area contributed by atoms with Gasteiger partial charge in [-0.1, -0.05) is 123 Å². The second-order valence-electron chi connectivity index (χ2n) is 16.0. The maximum Gasteiger partial charge on any atom is 0.130 e. The number of rotatable bonds is 8. The Kier molecular flexibility index (Phi) is 12.5. The topological polar surface area (TPSA) is 70.9 Å². The molecule has 3 aromatic heterocycles. The summed E-state index contributed by atoms with van der Waals surface area (Å²) in [5.41, 5.74) is 14.2. The van der Waals surface area contributed by atoms with Gasteiger partial charge in [-0.2, -0.15) is 29.5 Å². The summed E-state index contributed by atoms with van der Waals surface area (Å²) in [6.45, 7) is 9.07. The van der Waals surface area contributed by atoms with Crippen LogP contribution in [0.25, 0.3) is 72.3 Å². The molecule has 0 saturated heterocycles. The molecule has 0 aliphatic heterocycles. The Morgan fingerprint density at radius 1 is 0.651 bits per heavy atom. The molecule has 63 heavy (non-hydrogen) atoms. The van der Waals surface area contributed by atoms with Crippen molar-refractivity contribution in [1.29, 1.82) is 5.26 Å². The molecule has 1 radical (unpaired) electrons. The number of nitriles is 1. The van der Waals surface area contributed by atoms with Crippen molar-refractivity contribution in [3.8, 4) is 45.4 Å². The predicted octanol–water partition coefficient (Wildman–Crippen LogP) is 14.5. The average Bonchev–Trinajstić information content (AvgIpc) is 3.90. The molecule has 0 fully saturated rings. The van der Waals surface area contributed by atoms with Crippen LogP contribution in [0.5, 0.6) is 0 Å². The maximum absolute atomic E-state index is 9.53. The number of pyridine rings is 1. The number of imidazole rings is 1. The Morgan fingerprint density at radius 3 is 1.98 bits per heavy atom. The first kappa shape index (κ1) is 42.6. The standard InChI is InChI=1S/C44H34N3O.C12H11N2.Ir/c1-27(2)37-24-33(32-20-18-31(19-21-32)30-11-6-5-7-12-30)25-38(28(3)4)42(37)47-40-16-9-8-15-39(40)46-44(47)36-14-10-13-35-34-22-17-29(26-45)23-41(34)48-43(35)36;1-14(11-7-3-2-4-8-11)12-9-5-6-10-13-12;/h5-13,15-25,27-28H,1-4H3;2-7,9-10H,1H3;/q2*-1;. The van der Waals surface area contributed by atoms with Crippen LogP contribution in [0.2, 0.25) is 0 Å². The molecule has 7 heteroatoms. The van der Waals surface area contributed by atoms with Gasteiger partial charge in [0.15, 0.2) is 0 Å². The molecule has 0 atom stereocenters. The first-order chi connectivity index (χ1) is 30.3. The van der Waals surface area contributed by atoms with Crippen molar-refractivity contribution < 1.29 is 24.5 Å². The van der Waals surface area contributed by atoms with E-state index in [1.54, 1.807) is 12.3 Å². The summed E-state index contributed by atoms with van der Waals surface area (Å²) in [5, 5.41) is 11.5. The van der Waals surface area contributed by atoms with Gasteiger partial charge in [0, 0.05) is 44.4 Å². The second-order valence-corrected chi connectivity index (χ2v) is 16.0. The number of benzene rings is 7. The monoisotopic (exact) mass is 996 g/mol. The zero-order chi connectivity index (χ0) is 42.7. The molecule has 311 valence electrons. The smallest absolute Gasteiger partial charge is 0.130 e. The summed E-state index contributed by atoms with van der Waals surface area (Å²) in [6.07, 6.45) is 1.79. The fourth-order valence-corrected chi connectivity index (χ4v) is 8.14. The third kappa shape index (κ3) is 8.44. The van der Waals surface area contributed by atoms with Gasteiger partial charge < -0.3 is 13.9 Å². The molecular weight excluding hydrogens is 951 g/mol. The van der Waals surface area contributed by atoms with Crippen molar-refractivity contribution in [2.45, 2.75) is 39.5 Å². The van der Waals surface area contributed by atoms with Crippen LogP contribution in [0.15, 0.2) is 174 Å². The van der Waals surface area contributed by atoms with E-state index in [0.717, 1.165) is 50.4 Å². The van der Waals surface area contributed by atoms with E-state index < -0.39 is 0 Å². The number of furan rings is 1. The summed E-state index contributed by atoms with van der Waals surface area (Å²) >= 11 is 0. The van der Waals surface area contributed by atoms with Gasteiger partial charge in [-0.3, -0.25) is 4.98 Å². The number of para-hydroxylation sites is 3. The molecule has 0 spiro atoms. The van der Waals surface area contributed by atoms with Gasteiger partial charge in [0.05, 0.1) is 34.1 Å². The molecule has 10 rings (SSSR count). The second kappa shape index (κ2) is 18.5. The van der Waals surface area contributed by atoms with Gasteiger partial charge in [0.2, 0.25) is 0 Å². The van der Waals surface area contributed by atoms with E-state index in [0.29, 0.717) is 16.7 Å². The maximum atomic E-state index is 9.53. The molecule has 0 amide bonds. The third-order valence-corrected chi connectivity index (χ3v) is 11.4. The third-order valence-electron chi connectivity index (χ3n) is 11.4. The minimum absolute atomic E-state index is 0. The van der Waals surface area contributed by atoms with Crippen molar-refractivity contribution in [3.63, 3.8) is 0 Å². The van der Waals surface area contributed by atoms with Crippen LogP contribution in [0.1, 0.15) is 56.2 Å². The quantitative estimate of drug-likeness (QED) is 0.142. The van der Waals surface area contributed by atoms with E-state index in [2.05, 4.69) is 140 Å². The molecule has 0 aliphatic rings. The van der Waals surface area contributed by atoms with Gasteiger partial charge in [-0.05, 0) is 93.7 Å². The van der Waals surface area contributed by atoms with Crippen LogP contribution in [0.3, 0.4) is 0 Å². The predicted molar refractivity (Wildman–Crippen MR) is 254 cm³/mol. The first-order valence-corrected chi connectivity index (χ1v) is 21.0. The molecule has 10 aromatic rings. The van der Waals surface area contributed by atoms with Crippen LogP contribution < -0.4 is 4.90 Å². The summed E-state index contributed by atoms with van der Waals surface area (Å²) in [7, 11) is 1.98. The fraction of sp³-hybridized carbons (Fsp3) is 0.125. The zero-order valence-electron chi connectivity index (χ0n) is 35.8. The molecule has 0 unspecified atom stereocenters. The minimum atomic E-state index is 0. The summed E-state index contributed by atoms with van der Waals surface area (Å²) in [6, 6.07) is 64.6. The van der Waals surface area contributed by atoms with Crippen LogP contribution in [-0.4, -0.2) is 21.6 Å². The van der Waals surface area contributed by atoms with Gasteiger partial charge >= 0.3 is 0 Å². The van der Waals surface area contributed by atoms with Crippen molar-refractivity contribution in [2.75, 3.05) is 11.9 Å². The van der Waals surface area contributed by atoms with Crippen LogP contribution >= 0.6 is 0 Å². The Morgan fingerprint density at radius 2 is 1.32 bits per heavy atom. The average molecular weight is 996 g/mol. The fourth-order valence-electron chi connectivity index (χ4n) is 8.14. The Bertz CT molecular complexity index is 3130. The molecule has 3 heterocycles. The number of nitrogens with zero attached hydrogens (tertiary/aromatic N) is 5. The van der Waals surface area contributed by atoms with Crippen molar-refractivity contribution in [3.05, 3.63) is 199 Å². The molecule has 0 bridgehead atoms. The zero-order valence-corrected chi connectivity index (χ0v) is 38.2. The van der Waals surface area contributed by atoms with E-state index in [1.165, 1.54) is 33.4 Å². The Labute approximate surface area is 382 Å². The Balaban J connectivity index is 0.000000309. The van der Waals surface area contributed by atoms with Crippen LogP contribution in [-0.2, 0) is 20.1 Å². The number of aromatic nitrogens is 3. The van der Waals surface area contributed by atoms with E-state index in [9.17, 15) is 5.26 Å². The van der Waals surface area contributed by atoms with Gasteiger partial charge in [0.1, 0.15) is 11.4 Å². The van der Waals surface area contributed by atoms with Crippen LogP contribution in [0, 0.1) is 23.5 Å². The van der Waals surface area contributed by atoms with E-state index >= 15 is 0 Å². The Hall–Kier alpha value is -7.10. The molecule has 0 N–H and O–H groups in total. The summed E-state index contributed by atoms with van der Waals surface area (Å²) < 4.78 is 8.83. The van der Waals surface area contributed by atoms with Gasteiger partial charge in [0.25, 0.3) is 0 Å². The van der Waals surface area contributed by atoms with Crippen molar-refractivity contribution in [2.24, 2.45) is 0 Å². The normalized spacial score (nSPS) is 11.1. The van der Waals surface area contributed by atoms with E-state index in [-0.39, 0.29) is 31.9 Å². The van der Waals surface area contributed by atoms with E-state index in [4.69, 9.17) is 9.40 Å². The number of fused-ring (bicyclic) bond motifs is 4. The van der Waals surface area contributed by atoms with E-state index in [1.807, 2.05) is 84.7 Å². The molecular formula is C56H45IrN5O-2. The number of hydrogen-bond donors (Lipinski definition) is 0. The SMILES string of the molecule is CC(C)c1cc(-c2ccc(-c3ccccc3)cc2)cc(C(C)C)c1-n1c(-c2[c-]ccc3c2oc2cc(C#N)ccc23)nc2ccccc21.CN(c1[c-]cccc1)c1ccccn1.[Ir]. The van der Waals surface area contributed by atoms with Gasteiger partial charge in [-0.25, -0.2) is 4.98 Å². The molecule has 0 aliphatic carbocycles. The first-order valence-electron chi connectivity index (χ1n) is 21.0. The van der Waals surface area contributed by atoms with Crippen molar-refractivity contribution in [1.82, 2.24) is 14.5 Å². The number of anilines is 2. The number of hydrogen-bond acceptors (Lipinski definition) is 5.